The number of amides is 1. The molecule has 3 rings (SSSR count). The molecule has 2 atom stereocenters. The lowest BCUT2D eigenvalue weighted by molar-refractivity contribution is -0.104. The van der Waals surface area contributed by atoms with Gasteiger partial charge in [0.1, 0.15) is 11.7 Å². The van der Waals surface area contributed by atoms with Crippen molar-refractivity contribution in [1.29, 1.82) is 0 Å². The van der Waals surface area contributed by atoms with Crippen LogP contribution < -0.4 is 10.8 Å². The van der Waals surface area contributed by atoms with Gasteiger partial charge in [-0.2, -0.15) is 9.72 Å². The monoisotopic (exact) mass is 380 g/mol. The largest absolute Gasteiger partial charge is 0.448 e. The van der Waals surface area contributed by atoms with Crippen LogP contribution in [0.1, 0.15) is 57.2 Å². The van der Waals surface area contributed by atoms with Crippen molar-refractivity contribution in [3.05, 3.63) is 23.1 Å². The third kappa shape index (κ3) is 4.31. The number of aromatic nitrogens is 2. The Hall–Kier alpha value is -1.97. The van der Waals surface area contributed by atoms with Gasteiger partial charge < -0.3 is 24.7 Å². The summed E-state index contributed by atoms with van der Waals surface area (Å²) in [6, 6.07) is 1.56. The van der Waals surface area contributed by atoms with Gasteiger partial charge >= 0.3 is 6.09 Å². The minimum atomic E-state index is -0.763. The third-order valence-corrected chi connectivity index (χ3v) is 4.99. The zero-order chi connectivity index (χ0) is 19.3. The first kappa shape index (κ1) is 19.8. The number of hydrogen-bond donors (Lipinski definition) is 2. The van der Waals surface area contributed by atoms with Crippen molar-refractivity contribution in [2.24, 2.45) is 4.99 Å². The van der Waals surface area contributed by atoms with Gasteiger partial charge in [0, 0.05) is 25.8 Å². The lowest BCUT2D eigenvalue weighted by atomic mass is 9.90. The summed E-state index contributed by atoms with van der Waals surface area (Å²) in [6.45, 7) is 6.45. The second kappa shape index (κ2) is 8.81. The number of nitrogens with zero attached hydrogens (tertiary/aromatic N) is 3. The maximum absolute atomic E-state index is 11.9. The summed E-state index contributed by atoms with van der Waals surface area (Å²) in [6.07, 6.45) is 2.29. The van der Waals surface area contributed by atoms with E-state index in [0.717, 1.165) is 30.5 Å². The zero-order valence-electron chi connectivity index (χ0n) is 15.9. The SMILES string of the molecule is CCOC(=O)N=c1cc(C2CNCCO2)nc(C2(CC)CCCCO2)n1O. The molecule has 1 aromatic heterocycles. The number of morpholine rings is 1. The van der Waals surface area contributed by atoms with Crippen LogP contribution >= 0.6 is 0 Å². The van der Waals surface area contributed by atoms with Gasteiger partial charge in [0.15, 0.2) is 11.3 Å². The van der Waals surface area contributed by atoms with Crippen LogP contribution in [-0.4, -0.2) is 53.9 Å². The van der Waals surface area contributed by atoms with Gasteiger partial charge in [0.05, 0.1) is 18.9 Å². The van der Waals surface area contributed by atoms with Crippen molar-refractivity contribution in [1.82, 2.24) is 15.0 Å². The van der Waals surface area contributed by atoms with E-state index in [1.807, 2.05) is 6.92 Å². The molecule has 1 aromatic rings. The van der Waals surface area contributed by atoms with Gasteiger partial charge in [0.2, 0.25) is 0 Å². The molecule has 9 heteroatoms. The Morgan fingerprint density at radius 3 is 2.96 bits per heavy atom. The van der Waals surface area contributed by atoms with E-state index >= 15 is 0 Å². The minimum absolute atomic E-state index is 0.0598. The normalized spacial score (nSPS) is 26.7. The van der Waals surface area contributed by atoms with Crippen molar-refractivity contribution in [2.45, 2.75) is 51.2 Å². The topological polar surface area (TPSA) is 107 Å². The molecule has 27 heavy (non-hydrogen) atoms. The smallest absolute Gasteiger partial charge is 0.435 e. The Labute approximate surface area is 158 Å². The van der Waals surface area contributed by atoms with Crippen LogP contribution in [0.5, 0.6) is 0 Å². The summed E-state index contributed by atoms with van der Waals surface area (Å²) >= 11 is 0. The van der Waals surface area contributed by atoms with E-state index in [4.69, 9.17) is 14.2 Å². The number of carbonyl (C=O) groups is 1. The molecule has 3 heterocycles. The summed E-state index contributed by atoms with van der Waals surface area (Å²) < 4.78 is 17.6. The molecule has 9 nitrogen and oxygen atoms in total. The van der Waals surface area contributed by atoms with Gasteiger partial charge in [0.25, 0.3) is 0 Å². The predicted octanol–water partition coefficient (Wildman–Crippen LogP) is 1.64. The Morgan fingerprint density at radius 2 is 2.33 bits per heavy atom. The number of carbonyl (C=O) groups excluding carboxylic acids is 1. The molecule has 0 spiro atoms. The fourth-order valence-corrected chi connectivity index (χ4v) is 3.51. The highest BCUT2D eigenvalue weighted by Crippen LogP contribution is 2.36. The molecular formula is C18H28N4O5. The van der Waals surface area contributed by atoms with E-state index in [2.05, 4.69) is 15.3 Å². The molecule has 2 aliphatic rings. The van der Waals surface area contributed by atoms with Crippen molar-refractivity contribution in [2.75, 3.05) is 32.9 Å². The second-order valence-corrected chi connectivity index (χ2v) is 6.70. The fraction of sp³-hybridized carbons (Fsp3) is 0.722. The lowest BCUT2D eigenvalue weighted by Gasteiger charge is -2.36. The molecule has 2 saturated heterocycles. The number of nitrogens with one attached hydrogen (secondary N) is 1. The second-order valence-electron chi connectivity index (χ2n) is 6.70. The molecule has 150 valence electrons. The number of rotatable bonds is 4. The van der Waals surface area contributed by atoms with E-state index < -0.39 is 11.7 Å². The first-order valence-electron chi connectivity index (χ1n) is 9.61. The summed E-state index contributed by atoms with van der Waals surface area (Å²) in [5.74, 6) is 0.347. The Morgan fingerprint density at radius 1 is 1.48 bits per heavy atom. The van der Waals surface area contributed by atoms with E-state index in [-0.39, 0.29) is 18.2 Å². The highest BCUT2D eigenvalue weighted by Gasteiger charge is 2.39. The Balaban J connectivity index is 2.11. The fourth-order valence-electron chi connectivity index (χ4n) is 3.51. The summed E-state index contributed by atoms with van der Waals surface area (Å²) in [5, 5.41) is 14.1. The summed E-state index contributed by atoms with van der Waals surface area (Å²) in [7, 11) is 0. The Bertz CT molecular complexity index is 721. The molecule has 0 aliphatic carbocycles. The van der Waals surface area contributed by atoms with E-state index in [9.17, 15) is 10.0 Å². The van der Waals surface area contributed by atoms with Crippen LogP contribution in [0.25, 0.3) is 0 Å². The summed E-state index contributed by atoms with van der Waals surface area (Å²) in [5.41, 5.74) is -0.0542. The van der Waals surface area contributed by atoms with Crippen molar-refractivity contribution >= 4 is 6.09 Å². The first-order valence-corrected chi connectivity index (χ1v) is 9.61. The van der Waals surface area contributed by atoms with Crippen LogP contribution in [0.2, 0.25) is 0 Å². The predicted molar refractivity (Wildman–Crippen MR) is 95.3 cm³/mol. The average Bonchev–Trinajstić information content (AvgIpc) is 2.71. The van der Waals surface area contributed by atoms with Crippen LogP contribution in [0.4, 0.5) is 4.79 Å². The number of hydrogen-bond acceptors (Lipinski definition) is 7. The minimum Gasteiger partial charge on any atom is -0.448 e. The van der Waals surface area contributed by atoms with Gasteiger partial charge in [-0.15, -0.1) is 0 Å². The molecule has 1 amide bonds. The van der Waals surface area contributed by atoms with E-state index in [0.29, 0.717) is 37.7 Å². The highest BCUT2D eigenvalue weighted by atomic mass is 16.5. The maximum atomic E-state index is 11.9. The van der Waals surface area contributed by atoms with Crippen LogP contribution in [0.15, 0.2) is 11.1 Å². The maximum Gasteiger partial charge on any atom is 0.435 e. The van der Waals surface area contributed by atoms with Crippen molar-refractivity contribution in [3.63, 3.8) is 0 Å². The molecule has 2 aliphatic heterocycles. The van der Waals surface area contributed by atoms with E-state index in [1.165, 1.54) is 0 Å². The Kier molecular flexibility index (Phi) is 6.46. The van der Waals surface area contributed by atoms with Gasteiger partial charge in [-0.1, -0.05) is 6.92 Å². The zero-order valence-corrected chi connectivity index (χ0v) is 15.9. The molecule has 2 unspecified atom stereocenters. The molecule has 0 saturated carbocycles. The lowest BCUT2D eigenvalue weighted by Crippen LogP contribution is -2.42. The average molecular weight is 380 g/mol. The third-order valence-electron chi connectivity index (χ3n) is 4.99. The van der Waals surface area contributed by atoms with Gasteiger partial charge in [-0.3, -0.25) is 0 Å². The van der Waals surface area contributed by atoms with Gasteiger partial charge in [-0.25, -0.2) is 9.78 Å². The van der Waals surface area contributed by atoms with E-state index in [1.54, 1.807) is 13.0 Å². The van der Waals surface area contributed by atoms with Gasteiger partial charge in [-0.05, 0) is 32.6 Å². The standard InChI is InChI=1S/C18H28N4O5/c1-3-18(7-5-6-9-27-18)16-20-13(14-12-19-8-10-26-14)11-15(22(16)24)21-17(23)25-4-2/h11,14,19,24H,3-10,12H2,1-2H3. The first-order chi connectivity index (χ1) is 13.1. The van der Waals surface area contributed by atoms with Crippen LogP contribution in [0, 0.1) is 0 Å². The molecule has 0 bridgehead atoms. The number of ether oxygens (including phenoxy) is 3. The molecule has 2 N–H and O–H groups in total. The summed E-state index contributed by atoms with van der Waals surface area (Å²) in [4.78, 5) is 20.5. The van der Waals surface area contributed by atoms with Crippen LogP contribution in [-0.2, 0) is 19.8 Å². The molecule has 0 radical (unpaired) electrons. The van der Waals surface area contributed by atoms with Crippen molar-refractivity contribution < 1.29 is 24.2 Å². The van der Waals surface area contributed by atoms with Crippen molar-refractivity contribution in [3.8, 4) is 0 Å². The van der Waals surface area contributed by atoms with Crippen LogP contribution in [0.3, 0.4) is 0 Å². The molecular weight excluding hydrogens is 352 g/mol. The highest BCUT2D eigenvalue weighted by molar-refractivity contribution is 5.68. The quantitative estimate of drug-likeness (QED) is 0.765. The molecule has 0 aromatic carbocycles. The molecule has 2 fully saturated rings.